The van der Waals surface area contributed by atoms with Gasteiger partial charge in [0.05, 0.1) is 17.5 Å². The average molecular weight is 445 g/mol. The van der Waals surface area contributed by atoms with Gasteiger partial charge in [0.1, 0.15) is 11.4 Å². The summed E-state index contributed by atoms with van der Waals surface area (Å²) in [4.78, 5) is 28.7. The monoisotopic (exact) mass is 444 g/mol. The number of H-pyrrole nitrogens is 1. The number of nitrogens with one attached hydrogen (secondary N) is 1. The number of fused-ring (bicyclic) bond motifs is 2. The van der Waals surface area contributed by atoms with Gasteiger partial charge in [-0.15, -0.1) is 12.4 Å². The number of aromatic nitrogens is 4. The van der Waals surface area contributed by atoms with Crippen LogP contribution in [0.3, 0.4) is 0 Å². The lowest BCUT2D eigenvalue weighted by Gasteiger charge is -2.08. The number of halogens is 1. The van der Waals surface area contributed by atoms with E-state index >= 15 is 0 Å². The van der Waals surface area contributed by atoms with Crippen molar-refractivity contribution in [2.45, 2.75) is 12.8 Å². The molecule has 5 aromatic rings. The number of ether oxygens (including phenoxy) is 1. The van der Waals surface area contributed by atoms with E-state index in [2.05, 4.69) is 19.9 Å². The quantitative estimate of drug-likeness (QED) is 0.374. The van der Waals surface area contributed by atoms with Crippen molar-refractivity contribution in [3.05, 3.63) is 95.2 Å². The fourth-order valence-corrected chi connectivity index (χ4v) is 3.56. The zero-order chi connectivity index (χ0) is 21.0. The van der Waals surface area contributed by atoms with E-state index in [9.17, 15) is 4.79 Å². The fraction of sp³-hybridized carbons (Fsp3) is 0.120. The van der Waals surface area contributed by atoms with Crippen LogP contribution in [0.15, 0.2) is 84.0 Å². The fourth-order valence-electron chi connectivity index (χ4n) is 3.56. The maximum absolute atomic E-state index is 12.7. The summed E-state index contributed by atoms with van der Waals surface area (Å²) in [6.07, 6.45) is 7.17. The van der Waals surface area contributed by atoms with Crippen molar-refractivity contribution in [3.63, 3.8) is 0 Å². The third kappa shape index (κ3) is 4.60. The van der Waals surface area contributed by atoms with E-state index < -0.39 is 0 Å². The molecule has 32 heavy (non-hydrogen) atoms. The van der Waals surface area contributed by atoms with Crippen LogP contribution < -0.4 is 10.3 Å². The van der Waals surface area contributed by atoms with E-state index in [1.807, 2.05) is 54.6 Å². The average Bonchev–Trinajstić information content (AvgIpc) is 2.82. The van der Waals surface area contributed by atoms with Gasteiger partial charge < -0.3 is 9.72 Å². The number of hydrogen-bond donors (Lipinski definition) is 1. The van der Waals surface area contributed by atoms with E-state index in [4.69, 9.17) is 4.74 Å². The number of pyridine rings is 2. The number of aryl methyl sites for hydroxylation is 1. The number of nitrogens with zero attached hydrogens (tertiary/aromatic N) is 3. The lowest BCUT2D eigenvalue weighted by atomic mass is 10.1. The Morgan fingerprint density at radius 1 is 0.938 bits per heavy atom. The second-order valence-corrected chi connectivity index (χ2v) is 7.32. The maximum Gasteiger partial charge on any atom is 0.259 e. The van der Waals surface area contributed by atoms with Crippen molar-refractivity contribution in [3.8, 4) is 17.3 Å². The molecule has 0 saturated heterocycles. The first-order valence-electron chi connectivity index (χ1n) is 10.2. The number of hydrogen-bond acceptors (Lipinski definition) is 5. The molecule has 2 aromatic carbocycles. The minimum atomic E-state index is -0.211. The molecule has 0 bridgehead atoms. The normalized spacial score (nSPS) is 10.8. The SMILES string of the molecule is Cl.O=c1[nH]c(-c2cc3ccccc3cn2)nc2ccc(OCCCc3ccncc3)cc12. The first-order chi connectivity index (χ1) is 15.3. The van der Waals surface area contributed by atoms with E-state index in [0.717, 1.165) is 23.6 Å². The largest absolute Gasteiger partial charge is 0.494 e. The summed E-state index contributed by atoms with van der Waals surface area (Å²) < 4.78 is 5.85. The smallest absolute Gasteiger partial charge is 0.259 e. The first-order valence-corrected chi connectivity index (χ1v) is 10.2. The number of aromatic amines is 1. The highest BCUT2D eigenvalue weighted by atomic mass is 35.5. The molecule has 3 aromatic heterocycles. The Morgan fingerprint density at radius 2 is 1.75 bits per heavy atom. The molecule has 0 aliphatic heterocycles. The van der Waals surface area contributed by atoms with Crippen LogP contribution in [0.25, 0.3) is 33.2 Å². The summed E-state index contributed by atoms with van der Waals surface area (Å²) in [5.74, 6) is 1.11. The molecular formula is C25H21ClN4O2. The molecule has 7 heteroatoms. The van der Waals surface area contributed by atoms with Gasteiger partial charge in [0.2, 0.25) is 0 Å². The Labute approximate surface area is 190 Å². The van der Waals surface area contributed by atoms with Gasteiger partial charge in [0.25, 0.3) is 5.56 Å². The van der Waals surface area contributed by atoms with Crippen molar-refractivity contribution in [2.24, 2.45) is 0 Å². The molecule has 3 heterocycles. The summed E-state index contributed by atoms with van der Waals surface area (Å²) in [6, 6.07) is 19.3. The van der Waals surface area contributed by atoms with Gasteiger partial charge in [-0.05, 0) is 60.2 Å². The standard InChI is InChI=1S/C25H20N4O2.ClH/c30-25-21-15-20(31-13-3-4-17-9-11-26-12-10-17)7-8-22(21)28-24(29-25)23-14-18-5-1-2-6-19(18)16-27-23;/h1-2,5-12,14-16H,3-4,13H2,(H,28,29,30);1H. The van der Waals surface area contributed by atoms with Crippen molar-refractivity contribution >= 4 is 34.1 Å². The van der Waals surface area contributed by atoms with Crippen molar-refractivity contribution in [1.29, 1.82) is 0 Å². The molecule has 6 nitrogen and oxygen atoms in total. The second kappa shape index (κ2) is 9.58. The summed E-state index contributed by atoms with van der Waals surface area (Å²) >= 11 is 0. The molecule has 0 aliphatic carbocycles. The number of rotatable bonds is 6. The van der Waals surface area contributed by atoms with Gasteiger partial charge in [-0.1, -0.05) is 24.3 Å². The Hall–Kier alpha value is -3.77. The van der Waals surface area contributed by atoms with Gasteiger partial charge in [-0.2, -0.15) is 0 Å². The predicted octanol–water partition coefficient (Wildman–Crippen LogP) is 4.97. The van der Waals surface area contributed by atoms with Crippen LogP contribution in [-0.4, -0.2) is 26.5 Å². The molecule has 0 fully saturated rings. The molecule has 0 aliphatic rings. The maximum atomic E-state index is 12.7. The third-order valence-electron chi connectivity index (χ3n) is 5.18. The van der Waals surface area contributed by atoms with Crippen LogP contribution in [0.1, 0.15) is 12.0 Å². The minimum Gasteiger partial charge on any atom is -0.494 e. The van der Waals surface area contributed by atoms with Crippen LogP contribution in [0.2, 0.25) is 0 Å². The van der Waals surface area contributed by atoms with Crippen molar-refractivity contribution in [2.75, 3.05) is 6.61 Å². The molecule has 0 saturated carbocycles. The second-order valence-electron chi connectivity index (χ2n) is 7.32. The topological polar surface area (TPSA) is 80.8 Å². The highest BCUT2D eigenvalue weighted by Gasteiger charge is 2.09. The number of benzene rings is 2. The lowest BCUT2D eigenvalue weighted by molar-refractivity contribution is 0.311. The lowest BCUT2D eigenvalue weighted by Crippen LogP contribution is -2.10. The predicted molar refractivity (Wildman–Crippen MR) is 128 cm³/mol. The Kier molecular flexibility index (Phi) is 6.42. The summed E-state index contributed by atoms with van der Waals surface area (Å²) in [5.41, 5.74) is 2.26. The highest BCUT2D eigenvalue weighted by molar-refractivity contribution is 5.86. The zero-order valence-corrected chi connectivity index (χ0v) is 18.0. The first kappa shape index (κ1) is 21.5. The van der Waals surface area contributed by atoms with Gasteiger partial charge in [0.15, 0.2) is 5.82 Å². The Morgan fingerprint density at radius 3 is 2.59 bits per heavy atom. The van der Waals surface area contributed by atoms with E-state index in [-0.39, 0.29) is 18.0 Å². The van der Waals surface area contributed by atoms with Crippen LogP contribution in [0.5, 0.6) is 5.75 Å². The van der Waals surface area contributed by atoms with E-state index in [0.29, 0.717) is 34.8 Å². The molecule has 160 valence electrons. The molecule has 5 rings (SSSR count). The van der Waals surface area contributed by atoms with Gasteiger partial charge in [0, 0.05) is 24.0 Å². The van der Waals surface area contributed by atoms with Gasteiger partial charge >= 0.3 is 0 Å². The molecule has 0 radical (unpaired) electrons. The van der Waals surface area contributed by atoms with Gasteiger partial charge in [-0.3, -0.25) is 14.8 Å². The third-order valence-corrected chi connectivity index (χ3v) is 5.18. The highest BCUT2D eigenvalue weighted by Crippen LogP contribution is 2.22. The minimum absolute atomic E-state index is 0. The van der Waals surface area contributed by atoms with Crippen LogP contribution in [0.4, 0.5) is 0 Å². The summed E-state index contributed by atoms with van der Waals surface area (Å²) in [5, 5.41) is 2.59. The molecule has 0 spiro atoms. The van der Waals surface area contributed by atoms with Crippen LogP contribution in [-0.2, 0) is 6.42 Å². The Bertz CT molecular complexity index is 1420. The summed E-state index contributed by atoms with van der Waals surface area (Å²) in [7, 11) is 0. The van der Waals surface area contributed by atoms with E-state index in [1.165, 1.54) is 5.56 Å². The van der Waals surface area contributed by atoms with Crippen molar-refractivity contribution < 1.29 is 4.74 Å². The van der Waals surface area contributed by atoms with Gasteiger partial charge in [-0.25, -0.2) is 4.98 Å². The summed E-state index contributed by atoms with van der Waals surface area (Å²) in [6.45, 7) is 0.568. The molecule has 0 atom stereocenters. The van der Waals surface area contributed by atoms with Crippen LogP contribution in [0, 0.1) is 0 Å². The molecular weight excluding hydrogens is 424 g/mol. The van der Waals surface area contributed by atoms with Crippen molar-refractivity contribution in [1.82, 2.24) is 19.9 Å². The molecule has 0 unspecified atom stereocenters. The molecule has 1 N–H and O–H groups in total. The zero-order valence-electron chi connectivity index (χ0n) is 17.2. The Balaban J connectivity index is 0.00000245. The van der Waals surface area contributed by atoms with E-state index in [1.54, 1.807) is 24.7 Å². The molecule has 0 amide bonds. The van der Waals surface area contributed by atoms with Crippen LogP contribution >= 0.6 is 12.4 Å².